The monoisotopic (exact) mass is 378 g/mol. The molecule has 0 heterocycles. The zero-order valence-corrected chi connectivity index (χ0v) is 14.8. The summed E-state index contributed by atoms with van der Waals surface area (Å²) < 4.78 is 47.8. The van der Waals surface area contributed by atoms with Crippen LogP contribution < -0.4 is 14.8 Å². The molecule has 0 radical (unpaired) electrons. The number of amides is 2. The van der Waals surface area contributed by atoms with E-state index in [9.17, 15) is 22.8 Å². The Morgan fingerprint density at radius 1 is 1.15 bits per heavy atom. The Labute approximate surface area is 149 Å². The molecule has 0 spiro atoms. The second kappa shape index (κ2) is 9.27. The number of halogens is 3. The van der Waals surface area contributed by atoms with Gasteiger partial charge in [0, 0.05) is 7.05 Å². The topological polar surface area (TPSA) is 77.1 Å². The molecule has 0 bridgehead atoms. The summed E-state index contributed by atoms with van der Waals surface area (Å²) in [5.41, 5.74) is 0.696. The molecule has 0 aliphatic carbocycles. The quantitative estimate of drug-likeness (QED) is 0.697. The Balaban J connectivity index is 2.92. The molecule has 1 N–H and O–H groups in total. The van der Waals surface area contributed by atoms with E-state index in [2.05, 4.69) is 0 Å². The molecule has 0 aliphatic rings. The fourth-order valence-electron chi connectivity index (χ4n) is 2.15. The van der Waals surface area contributed by atoms with Crippen LogP contribution in [0.25, 0.3) is 0 Å². The highest BCUT2D eigenvalue weighted by atomic mass is 19.4. The minimum Gasteiger partial charge on any atom is -0.493 e. The van der Waals surface area contributed by atoms with E-state index in [0.29, 0.717) is 17.1 Å². The lowest BCUT2D eigenvalue weighted by molar-refractivity contribution is -0.180. The first-order valence-corrected chi connectivity index (χ1v) is 7.54. The van der Waals surface area contributed by atoms with Gasteiger partial charge >= 0.3 is 12.1 Å². The standard InChI is InChI=1S/C16H21F3N2O5/c1-21(26-4)14(22)11(20-15(23)16(17,18)19)7-5-10-6-8-12(24-2)13(9-10)25-3/h6,8-9,11H,5,7H2,1-4H3,(H,20,23)/t11-/m1/s1. The summed E-state index contributed by atoms with van der Waals surface area (Å²) in [5, 5.41) is 2.46. The highest BCUT2D eigenvalue weighted by Gasteiger charge is 2.41. The molecule has 0 fully saturated rings. The predicted molar refractivity (Wildman–Crippen MR) is 85.6 cm³/mol. The normalized spacial score (nSPS) is 12.3. The lowest BCUT2D eigenvalue weighted by Crippen LogP contribution is -2.51. The van der Waals surface area contributed by atoms with E-state index in [1.54, 1.807) is 23.5 Å². The minimum absolute atomic E-state index is 0.0656. The average Bonchev–Trinajstić information content (AvgIpc) is 2.62. The Morgan fingerprint density at radius 3 is 2.27 bits per heavy atom. The number of likely N-dealkylation sites (N-methyl/N-ethyl adjacent to an activating group) is 1. The van der Waals surface area contributed by atoms with Crippen molar-refractivity contribution < 1.29 is 37.1 Å². The molecule has 2 amide bonds. The second-order valence-corrected chi connectivity index (χ2v) is 5.27. The van der Waals surface area contributed by atoms with Gasteiger partial charge in [-0.05, 0) is 30.5 Å². The van der Waals surface area contributed by atoms with Gasteiger partial charge in [0.1, 0.15) is 6.04 Å². The fraction of sp³-hybridized carbons (Fsp3) is 0.500. The summed E-state index contributed by atoms with van der Waals surface area (Å²) in [5.74, 6) is -2.05. The van der Waals surface area contributed by atoms with Gasteiger partial charge in [-0.3, -0.25) is 14.4 Å². The Hall–Kier alpha value is -2.49. The van der Waals surface area contributed by atoms with Gasteiger partial charge in [0.15, 0.2) is 11.5 Å². The number of rotatable bonds is 8. The Morgan fingerprint density at radius 2 is 1.77 bits per heavy atom. The van der Waals surface area contributed by atoms with Crippen LogP contribution >= 0.6 is 0 Å². The van der Waals surface area contributed by atoms with Gasteiger partial charge in [-0.2, -0.15) is 13.2 Å². The summed E-state index contributed by atoms with van der Waals surface area (Å²) in [4.78, 5) is 28.1. The van der Waals surface area contributed by atoms with Gasteiger partial charge in [0.25, 0.3) is 5.91 Å². The van der Waals surface area contributed by atoms with Crippen LogP contribution in [-0.4, -0.2) is 57.5 Å². The van der Waals surface area contributed by atoms with E-state index in [1.165, 1.54) is 28.4 Å². The second-order valence-electron chi connectivity index (χ2n) is 5.27. The lowest BCUT2D eigenvalue weighted by atomic mass is 10.0. The molecule has 7 nitrogen and oxygen atoms in total. The number of aryl methyl sites for hydroxylation is 1. The number of nitrogens with one attached hydrogen (secondary N) is 1. The third-order valence-electron chi connectivity index (χ3n) is 3.61. The average molecular weight is 378 g/mol. The van der Waals surface area contributed by atoms with Crippen LogP contribution in [0.15, 0.2) is 18.2 Å². The minimum atomic E-state index is -5.09. The van der Waals surface area contributed by atoms with E-state index in [0.717, 1.165) is 5.06 Å². The fourth-order valence-corrected chi connectivity index (χ4v) is 2.15. The SMILES string of the molecule is COc1ccc(CC[C@@H](NC(=O)C(F)(F)F)C(=O)N(C)OC)cc1OC. The number of hydroxylamine groups is 2. The third-order valence-corrected chi connectivity index (χ3v) is 3.61. The zero-order valence-electron chi connectivity index (χ0n) is 14.8. The van der Waals surface area contributed by atoms with Crippen LogP contribution in [0.5, 0.6) is 11.5 Å². The van der Waals surface area contributed by atoms with E-state index in [1.807, 2.05) is 0 Å². The summed E-state index contributed by atoms with van der Waals surface area (Å²) in [6, 6.07) is 3.57. The molecule has 0 saturated heterocycles. The maximum atomic E-state index is 12.5. The van der Waals surface area contributed by atoms with Crippen molar-refractivity contribution in [1.82, 2.24) is 10.4 Å². The largest absolute Gasteiger partial charge is 0.493 e. The first-order valence-electron chi connectivity index (χ1n) is 7.54. The van der Waals surface area contributed by atoms with E-state index in [4.69, 9.17) is 14.3 Å². The number of hydrogen-bond donors (Lipinski definition) is 1. The number of benzene rings is 1. The first-order chi connectivity index (χ1) is 12.1. The molecule has 10 heteroatoms. The number of carbonyl (C=O) groups excluding carboxylic acids is 2. The van der Waals surface area contributed by atoms with Crippen molar-refractivity contribution in [2.45, 2.75) is 25.1 Å². The summed E-state index contributed by atoms with van der Waals surface area (Å²) >= 11 is 0. The number of nitrogens with zero attached hydrogens (tertiary/aromatic N) is 1. The molecule has 0 saturated carbocycles. The summed E-state index contributed by atoms with van der Waals surface area (Å²) in [6.45, 7) is 0. The zero-order chi connectivity index (χ0) is 19.9. The van der Waals surface area contributed by atoms with Crippen molar-refractivity contribution in [3.8, 4) is 11.5 Å². The molecule has 1 rings (SSSR count). The van der Waals surface area contributed by atoms with Crippen LogP contribution in [0.4, 0.5) is 13.2 Å². The highest BCUT2D eigenvalue weighted by molar-refractivity contribution is 5.89. The van der Waals surface area contributed by atoms with Crippen LogP contribution in [0.3, 0.4) is 0 Å². The van der Waals surface area contributed by atoms with Crippen molar-refractivity contribution in [2.75, 3.05) is 28.4 Å². The molecular weight excluding hydrogens is 357 g/mol. The van der Waals surface area contributed by atoms with Gasteiger partial charge < -0.3 is 14.8 Å². The van der Waals surface area contributed by atoms with E-state index < -0.39 is 24.0 Å². The third kappa shape index (κ3) is 5.80. The smallest absolute Gasteiger partial charge is 0.471 e. The Kier molecular flexibility index (Phi) is 7.69. The van der Waals surface area contributed by atoms with E-state index >= 15 is 0 Å². The van der Waals surface area contributed by atoms with E-state index in [-0.39, 0.29) is 12.8 Å². The molecule has 26 heavy (non-hydrogen) atoms. The molecule has 1 aromatic rings. The molecule has 146 valence electrons. The van der Waals surface area contributed by atoms with Gasteiger partial charge in [-0.15, -0.1) is 0 Å². The summed E-state index contributed by atoms with van der Waals surface area (Å²) in [7, 11) is 5.35. The number of ether oxygens (including phenoxy) is 2. The predicted octanol–water partition coefficient (Wildman–Crippen LogP) is 1.70. The maximum absolute atomic E-state index is 12.5. The molecule has 1 atom stereocenters. The van der Waals surface area contributed by atoms with Crippen LogP contribution in [0.2, 0.25) is 0 Å². The molecule has 0 aliphatic heterocycles. The van der Waals surface area contributed by atoms with Crippen LogP contribution in [-0.2, 0) is 20.8 Å². The molecule has 1 aromatic carbocycles. The maximum Gasteiger partial charge on any atom is 0.471 e. The Bertz CT molecular complexity index is 637. The van der Waals surface area contributed by atoms with Crippen molar-refractivity contribution in [1.29, 1.82) is 0 Å². The summed E-state index contributed by atoms with van der Waals surface area (Å²) in [6.07, 6.45) is -4.94. The van der Waals surface area contributed by atoms with Crippen molar-refractivity contribution in [2.24, 2.45) is 0 Å². The van der Waals surface area contributed by atoms with Gasteiger partial charge in [0.05, 0.1) is 21.3 Å². The van der Waals surface area contributed by atoms with Crippen molar-refractivity contribution in [3.05, 3.63) is 23.8 Å². The molecular formula is C16H21F3N2O5. The van der Waals surface area contributed by atoms with Gasteiger partial charge in [0.2, 0.25) is 0 Å². The first kappa shape index (κ1) is 21.6. The molecule has 0 aromatic heterocycles. The van der Waals surface area contributed by atoms with Crippen molar-refractivity contribution >= 4 is 11.8 Å². The van der Waals surface area contributed by atoms with Gasteiger partial charge in [-0.1, -0.05) is 6.07 Å². The van der Waals surface area contributed by atoms with Crippen LogP contribution in [0, 0.1) is 0 Å². The molecule has 0 unspecified atom stereocenters. The van der Waals surface area contributed by atoms with Gasteiger partial charge in [-0.25, -0.2) is 5.06 Å². The number of alkyl halides is 3. The number of hydrogen-bond acceptors (Lipinski definition) is 5. The van der Waals surface area contributed by atoms with Crippen molar-refractivity contribution in [3.63, 3.8) is 0 Å². The van der Waals surface area contributed by atoms with Crippen LogP contribution in [0.1, 0.15) is 12.0 Å². The highest BCUT2D eigenvalue weighted by Crippen LogP contribution is 2.28. The lowest BCUT2D eigenvalue weighted by Gasteiger charge is -2.23. The number of methoxy groups -OCH3 is 2. The number of carbonyl (C=O) groups is 2.